The molecule has 1 heteroatoms. The Hall–Kier alpha value is -0.0400. The van der Waals surface area contributed by atoms with Gasteiger partial charge in [-0.25, -0.2) is 0 Å². The molecular formula is C10H21N. The van der Waals surface area contributed by atoms with Crippen LogP contribution in [-0.4, -0.2) is 24.5 Å². The van der Waals surface area contributed by atoms with Gasteiger partial charge in [0, 0.05) is 13.1 Å². The average Bonchev–Trinajstić information content (AvgIpc) is 1.99. The van der Waals surface area contributed by atoms with Crippen molar-refractivity contribution in [1.82, 2.24) is 4.90 Å². The molecule has 1 aliphatic rings. The fraction of sp³-hybridized carbons (Fsp3) is 1.00. The Labute approximate surface area is 70.8 Å². The molecule has 1 aliphatic heterocycles. The number of nitrogens with zero attached hydrogens (tertiary/aromatic N) is 1. The highest BCUT2D eigenvalue weighted by Crippen LogP contribution is 2.27. The van der Waals surface area contributed by atoms with E-state index in [1.54, 1.807) is 0 Å². The van der Waals surface area contributed by atoms with Gasteiger partial charge in [0.25, 0.3) is 0 Å². The van der Waals surface area contributed by atoms with Crippen molar-refractivity contribution in [2.75, 3.05) is 19.6 Å². The van der Waals surface area contributed by atoms with E-state index < -0.39 is 0 Å². The maximum absolute atomic E-state index is 2.56. The van der Waals surface area contributed by atoms with Crippen LogP contribution >= 0.6 is 0 Å². The first-order valence-corrected chi connectivity index (χ1v) is 4.87. The largest absolute Gasteiger partial charge is 0.303 e. The van der Waals surface area contributed by atoms with Gasteiger partial charge < -0.3 is 4.90 Å². The molecule has 66 valence electrons. The van der Waals surface area contributed by atoms with Crippen LogP contribution in [0, 0.1) is 17.8 Å². The summed E-state index contributed by atoms with van der Waals surface area (Å²) in [5.41, 5.74) is 0. The molecule has 0 aromatic rings. The lowest BCUT2D eigenvalue weighted by Gasteiger charge is -2.39. The second-order valence-corrected chi connectivity index (χ2v) is 4.17. The smallest absolute Gasteiger partial charge is 0.000967 e. The first kappa shape index (κ1) is 9.05. The lowest BCUT2D eigenvalue weighted by Crippen LogP contribution is -2.43. The SMILES string of the molecule is CCN1CC(C)C(C)C(C)C1. The molecule has 1 nitrogen and oxygen atoms in total. The van der Waals surface area contributed by atoms with Crippen molar-refractivity contribution in [3.05, 3.63) is 0 Å². The van der Waals surface area contributed by atoms with Gasteiger partial charge in [0.1, 0.15) is 0 Å². The molecule has 11 heavy (non-hydrogen) atoms. The molecule has 1 saturated heterocycles. The van der Waals surface area contributed by atoms with E-state index >= 15 is 0 Å². The molecule has 0 spiro atoms. The van der Waals surface area contributed by atoms with Crippen LogP contribution in [0.25, 0.3) is 0 Å². The highest BCUT2D eigenvalue weighted by molar-refractivity contribution is 4.79. The number of piperidine rings is 1. The van der Waals surface area contributed by atoms with Crippen LogP contribution in [0.4, 0.5) is 0 Å². The molecule has 1 heterocycles. The van der Waals surface area contributed by atoms with E-state index in [9.17, 15) is 0 Å². The van der Waals surface area contributed by atoms with Crippen LogP contribution < -0.4 is 0 Å². The van der Waals surface area contributed by atoms with Crippen LogP contribution in [0.2, 0.25) is 0 Å². The second kappa shape index (κ2) is 3.57. The molecule has 0 aliphatic carbocycles. The van der Waals surface area contributed by atoms with Crippen LogP contribution in [0.15, 0.2) is 0 Å². The third-order valence-corrected chi connectivity index (χ3v) is 3.33. The first-order chi connectivity index (χ1) is 5.15. The number of hydrogen-bond donors (Lipinski definition) is 0. The van der Waals surface area contributed by atoms with Crippen LogP contribution in [0.5, 0.6) is 0 Å². The van der Waals surface area contributed by atoms with Crippen molar-refractivity contribution in [2.45, 2.75) is 27.7 Å². The highest BCUT2D eigenvalue weighted by Gasteiger charge is 2.27. The summed E-state index contributed by atoms with van der Waals surface area (Å²) in [4.78, 5) is 2.56. The molecular weight excluding hydrogens is 134 g/mol. The minimum Gasteiger partial charge on any atom is -0.303 e. The van der Waals surface area contributed by atoms with Gasteiger partial charge in [-0.1, -0.05) is 27.7 Å². The normalized spacial score (nSPS) is 40.9. The van der Waals surface area contributed by atoms with Gasteiger partial charge in [0.15, 0.2) is 0 Å². The predicted molar refractivity (Wildman–Crippen MR) is 49.6 cm³/mol. The Morgan fingerprint density at radius 3 is 1.91 bits per heavy atom. The molecule has 0 N–H and O–H groups in total. The minimum atomic E-state index is 0.888. The van der Waals surface area contributed by atoms with Gasteiger partial charge >= 0.3 is 0 Å². The number of likely N-dealkylation sites (tertiary alicyclic amines) is 1. The first-order valence-electron chi connectivity index (χ1n) is 4.87. The maximum Gasteiger partial charge on any atom is 0.000967 e. The molecule has 0 aromatic heterocycles. The fourth-order valence-corrected chi connectivity index (χ4v) is 2.04. The summed E-state index contributed by atoms with van der Waals surface area (Å²) in [7, 11) is 0. The van der Waals surface area contributed by atoms with E-state index in [1.165, 1.54) is 19.6 Å². The molecule has 0 bridgehead atoms. The Morgan fingerprint density at radius 2 is 1.55 bits per heavy atom. The van der Waals surface area contributed by atoms with E-state index in [0.717, 1.165) is 17.8 Å². The lowest BCUT2D eigenvalue weighted by molar-refractivity contribution is 0.0930. The topological polar surface area (TPSA) is 3.24 Å². The van der Waals surface area contributed by atoms with E-state index in [-0.39, 0.29) is 0 Å². The minimum absolute atomic E-state index is 0.888. The molecule has 0 radical (unpaired) electrons. The Balaban J connectivity index is 2.47. The van der Waals surface area contributed by atoms with Gasteiger partial charge in [-0.05, 0) is 24.3 Å². The molecule has 1 fully saturated rings. The van der Waals surface area contributed by atoms with Crippen LogP contribution in [0.1, 0.15) is 27.7 Å². The third kappa shape index (κ3) is 1.96. The van der Waals surface area contributed by atoms with Crippen LogP contribution in [-0.2, 0) is 0 Å². The van der Waals surface area contributed by atoms with Crippen molar-refractivity contribution in [3.8, 4) is 0 Å². The quantitative estimate of drug-likeness (QED) is 0.561. The maximum atomic E-state index is 2.56. The summed E-state index contributed by atoms with van der Waals surface area (Å²) in [6.45, 7) is 13.2. The summed E-state index contributed by atoms with van der Waals surface area (Å²) < 4.78 is 0. The summed E-state index contributed by atoms with van der Waals surface area (Å²) in [5.74, 6) is 2.69. The van der Waals surface area contributed by atoms with E-state index in [4.69, 9.17) is 0 Å². The van der Waals surface area contributed by atoms with Gasteiger partial charge in [-0.2, -0.15) is 0 Å². The summed E-state index contributed by atoms with van der Waals surface area (Å²) >= 11 is 0. The summed E-state index contributed by atoms with van der Waals surface area (Å²) in [6.07, 6.45) is 0. The van der Waals surface area contributed by atoms with Gasteiger partial charge in [-0.15, -0.1) is 0 Å². The molecule has 1 rings (SSSR count). The van der Waals surface area contributed by atoms with Gasteiger partial charge in [0.05, 0.1) is 0 Å². The highest BCUT2D eigenvalue weighted by atomic mass is 15.1. The molecule has 0 aromatic carbocycles. The van der Waals surface area contributed by atoms with Crippen molar-refractivity contribution < 1.29 is 0 Å². The summed E-state index contributed by atoms with van der Waals surface area (Å²) in [6, 6.07) is 0. The lowest BCUT2D eigenvalue weighted by atomic mass is 9.81. The third-order valence-electron chi connectivity index (χ3n) is 3.33. The monoisotopic (exact) mass is 155 g/mol. The Bertz CT molecular complexity index is 110. The van der Waals surface area contributed by atoms with E-state index in [1.807, 2.05) is 0 Å². The zero-order valence-corrected chi connectivity index (χ0v) is 8.30. The van der Waals surface area contributed by atoms with E-state index in [2.05, 4.69) is 32.6 Å². The number of rotatable bonds is 1. The van der Waals surface area contributed by atoms with Crippen molar-refractivity contribution in [3.63, 3.8) is 0 Å². The fourth-order valence-electron chi connectivity index (χ4n) is 2.04. The zero-order chi connectivity index (χ0) is 8.43. The molecule has 2 unspecified atom stereocenters. The van der Waals surface area contributed by atoms with Gasteiger partial charge in [-0.3, -0.25) is 0 Å². The standard InChI is InChI=1S/C10H21N/c1-5-11-6-8(2)10(4)9(3)7-11/h8-10H,5-7H2,1-4H3. The zero-order valence-electron chi connectivity index (χ0n) is 8.30. The van der Waals surface area contributed by atoms with E-state index in [0.29, 0.717) is 0 Å². The second-order valence-electron chi connectivity index (χ2n) is 4.17. The number of hydrogen-bond acceptors (Lipinski definition) is 1. The molecule has 0 amide bonds. The van der Waals surface area contributed by atoms with Gasteiger partial charge in [0.2, 0.25) is 0 Å². The van der Waals surface area contributed by atoms with Crippen molar-refractivity contribution in [2.24, 2.45) is 17.8 Å². The van der Waals surface area contributed by atoms with Crippen molar-refractivity contribution in [1.29, 1.82) is 0 Å². The van der Waals surface area contributed by atoms with Crippen LogP contribution in [0.3, 0.4) is 0 Å². The van der Waals surface area contributed by atoms with Crippen molar-refractivity contribution >= 4 is 0 Å². The summed E-state index contributed by atoms with van der Waals surface area (Å²) in [5, 5.41) is 0. The molecule has 0 saturated carbocycles. The Kier molecular flexibility index (Phi) is 2.94. The average molecular weight is 155 g/mol. The Morgan fingerprint density at radius 1 is 1.09 bits per heavy atom. The predicted octanol–water partition coefficient (Wildman–Crippen LogP) is 2.23. The molecule has 2 atom stereocenters.